The van der Waals surface area contributed by atoms with Gasteiger partial charge in [-0.15, -0.1) is 0 Å². The first-order valence-corrected chi connectivity index (χ1v) is 8.83. The maximum Gasteiger partial charge on any atom is 0.286 e. The van der Waals surface area contributed by atoms with Crippen molar-refractivity contribution in [3.63, 3.8) is 0 Å². The van der Waals surface area contributed by atoms with Gasteiger partial charge in [-0.2, -0.15) is 0 Å². The Morgan fingerprint density at radius 3 is 2.44 bits per heavy atom. The second kappa shape index (κ2) is 8.69. The molecule has 0 bridgehead atoms. The van der Waals surface area contributed by atoms with Crippen LogP contribution in [0.1, 0.15) is 56.3 Å². The van der Waals surface area contributed by atoms with E-state index in [1.165, 1.54) is 25.7 Å². The molecule has 0 aliphatic heterocycles. The van der Waals surface area contributed by atoms with Crippen molar-refractivity contribution in [3.8, 4) is 11.5 Å². The quantitative estimate of drug-likeness (QED) is 0.552. The van der Waals surface area contributed by atoms with Crippen LogP contribution in [0.5, 0.6) is 11.5 Å². The SMILES string of the molecule is CCOc1cc(C(=O)N(CC)C2CCCCC2)c([N+](=O)[O-])cc1OC. The molecular weight excluding hydrogens is 324 g/mol. The zero-order valence-corrected chi connectivity index (χ0v) is 15.1. The fourth-order valence-electron chi connectivity index (χ4n) is 3.41. The summed E-state index contributed by atoms with van der Waals surface area (Å²) < 4.78 is 10.7. The van der Waals surface area contributed by atoms with Crippen molar-refractivity contribution in [3.05, 3.63) is 27.8 Å². The van der Waals surface area contributed by atoms with E-state index in [1.807, 2.05) is 13.8 Å². The Kier molecular flexibility index (Phi) is 6.61. The normalized spacial score (nSPS) is 14.8. The summed E-state index contributed by atoms with van der Waals surface area (Å²) in [6, 6.07) is 2.85. The number of hydrogen-bond acceptors (Lipinski definition) is 5. The zero-order chi connectivity index (χ0) is 18.4. The minimum Gasteiger partial charge on any atom is -0.493 e. The van der Waals surface area contributed by atoms with Gasteiger partial charge in [0.05, 0.1) is 24.7 Å². The first-order chi connectivity index (χ1) is 12.0. The summed E-state index contributed by atoms with van der Waals surface area (Å²) >= 11 is 0. The smallest absolute Gasteiger partial charge is 0.286 e. The first-order valence-electron chi connectivity index (χ1n) is 8.83. The molecule has 7 nitrogen and oxygen atoms in total. The standard InChI is InChI=1S/C18H26N2O5/c1-4-19(13-9-7-6-8-10-13)18(21)14-11-17(25-5-2)16(24-3)12-15(14)20(22)23/h11-13H,4-10H2,1-3H3. The molecule has 1 aromatic carbocycles. The van der Waals surface area contributed by atoms with Crippen molar-refractivity contribution >= 4 is 11.6 Å². The second-order valence-electron chi connectivity index (χ2n) is 6.09. The third-order valence-corrected chi connectivity index (χ3v) is 4.63. The minimum absolute atomic E-state index is 0.0571. The molecule has 0 aromatic heterocycles. The maximum absolute atomic E-state index is 13.1. The van der Waals surface area contributed by atoms with Crippen LogP contribution in [0.2, 0.25) is 0 Å². The Morgan fingerprint density at radius 1 is 1.24 bits per heavy atom. The highest BCUT2D eigenvalue weighted by Gasteiger charge is 2.31. The summed E-state index contributed by atoms with van der Waals surface area (Å²) in [4.78, 5) is 25.8. The molecular formula is C18H26N2O5. The summed E-state index contributed by atoms with van der Waals surface area (Å²) in [6.07, 6.45) is 5.25. The van der Waals surface area contributed by atoms with Crippen LogP contribution in [0.3, 0.4) is 0 Å². The van der Waals surface area contributed by atoms with Gasteiger partial charge in [0, 0.05) is 18.7 Å². The highest BCUT2D eigenvalue weighted by molar-refractivity contribution is 5.99. The fourth-order valence-corrected chi connectivity index (χ4v) is 3.41. The number of nitrogens with zero attached hydrogens (tertiary/aromatic N) is 2. The summed E-state index contributed by atoms with van der Waals surface area (Å²) in [7, 11) is 1.42. The molecule has 1 aromatic rings. The zero-order valence-electron chi connectivity index (χ0n) is 15.1. The van der Waals surface area contributed by atoms with Crippen LogP contribution in [0.4, 0.5) is 5.69 Å². The predicted octanol–water partition coefficient (Wildman–Crippen LogP) is 3.80. The van der Waals surface area contributed by atoms with E-state index < -0.39 is 4.92 Å². The van der Waals surface area contributed by atoms with E-state index in [-0.39, 0.29) is 28.9 Å². The Balaban J connectivity index is 2.44. The van der Waals surface area contributed by atoms with E-state index in [1.54, 1.807) is 4.90 Å². The van der Waals surface area contributed by atoms with Crippen molar-refractivity contribution in [2.45, 2.75) is 52.0 Å². The average molecular weight is 350 g/mol. The maximum atomic E-state index is 13.1. The van der Waals surface area contributed by atoms with Gasteiger partial charge < -0.3 is 14.4 Å². The molecule has 1 saturated carbocycles. The van der Waals surface area contributed by atoms with Crippen LogP contribution in [0.25, 0.3) is 0 Å². The molecule has 138 valence electrons. The third kappa shape index (κ3) is 4.21. The van der Waals surface area contributed by atoms with Crippen molar-refractivity contribution in [2.75, 3.05) is 20.3 Å². The van der Waals surface area contributed by atoms with Crippen molar-refractivity contribution in [1.29, 1.82) is 0 Å². The van der Waals surface area contributed by atoms with E-state index in [0.717, 1.165) is 25.7 Å². The molecule has 1 aliphatic rings. The number of amides is 1. The summed E-state index contributed by atoms with van der Waals surface area (Å²) in [5.41, 5.74) is -0.193. The molecule has 0 spiro atoms. The Morgan fingerprint density at radius 2 is 1.92 bits per heavy atom. The van der Waals surface area contributed by atoms with Crippen LogP contribution in [0, 0.1) is 10.1 Å². The van der Waals surface area contributed by atoms with Gasteiger partial charge in [-0.05, 0) is 26.7 Å². The molecule has 0 radical (unpaired) electrons. The number of nitro groups is 1. The molecule has 0 unspecified atom stereocenters. The Hall–Kier alpha value is -2.31. The number of nitro benzene ring substituents is 1. The summed E-state index contributed by atoms with van der Waals surface area (Å²) in [5.74, 6) is 0.286. The van der Waals surface area contributed by atoms with Gasteiger partial charge in [-0.3, -0.25) is 14.9 Å². The Bertz CT molecular complexity index is 626. The summed E-state index contributed by atoms with van der Waals surface area (Å²) in [6.45, 7) is 4.62. The van der Waals surface area contributed by atoms with Crippen LogP contribution < -0.4 is 9.47 Å². The van der Waals surface area contributed by atoms with E-state index in [0.29, 0.717) is 18.9 Å². The van der Waals surface area contributed by atoms with Gasteiger partial charge in [-0.1, -0.05) is 19.3 Å². The van der Waals surface area contributed by atoms with Crippen molar-refractivity contribution in [2.24, 2.45) is 0 Å². The molecule has 25 heavy (non-hydrogen) atoms. The van der Waals surface area contributed by atoms with Crippen LogP contribution in [0.15, 0.2) is 12.1 Å². The molecule has 0 heterocycles. The van der Waals surface area contributed by atoms with E-state index in [9.17, 15) is 14.9 Å². The number of ether oxygens (including phenoxy) is 2. The molecule has 7 heteroatoms. The Labute approximate surface area is 148 Å². The van der Waals surface area contributed by atoms with E-state index in [2.05, 4.69) is 0 Å². The molecule has 1 amide bonds. The van der Waals surface area contributed by atoms with Gasteiger partial charge in [0.25, 0.3) is 11.6 Å². The number of carbonyl (C=O) groups excluding carboxylic acids is 1. The van der Waals surface area contributed by atoms with E-state index in [4.69, 9.17) is 9.47 Å². The number of carbonyl (C=O) groups is 1. The lowest BCUT2D eigenvalue weighted by atomic mass is 9.93. The number of rotatable bonds is 7. The van der Waals surface area contributed by atoms with Gasteiger partial charge >= 0.3 is 0 Å². The number of benzene rings is 1. The van der Waals surface area contributed by atoms with Gasteiger partial charge in [0.15, 0.2) is 11.5 Å². The lowest BCUT2D eigenvalue weighted by Gasteiger charge is -2.33. The molecule has 1 aliphatic carbocycles. The van der Waals surface area contributed by atoms with Gasteiger partial charge in [0.1, 0.15) is 5.56 Å². The minimum atomic E-state index is -0.541. The topological polar surface area (TPSA) is 81.9 Å². The highest BCUT2D eigenvalue weighted by Crippen LogP contribution is 2.36. The second-order valence-corrected chi connectivity index (χ2v) is 6.09. The van der Waals surface area contributed by atoms with Crippen LogP contribution >= 0.6 is 0 Å². The van der Waals surface area contributed by atoms with E-state index >= 15 is 0 Å². The van der Waals surface area contributed by atoms with Crippen molar-refractivity contribution in [1.82, 2.24) is 4.90 Å². The summed E-state index contributed by atoms with van der Waals surface area (Å²) in [5, 5.41) is 11.5. The number of methoxy groups -OCH3 is 1. The fraction of sp³-hybridized carbons (Fsp3) is 0.611. The largest absolute Gasteiger partial charge is 0.493 e. The number of hydrogen-bond donors (Lipinski definition) is 0. The van der Waals surface area contributed by atoms with Gasteiger partial charge in [0.2, 0.25) is 0 Å². The van der Waals surface area contributed by atoms with Crippen molar-refractivity contribution < 1.29 is 19.2 Å². The van der Waals surface area contributed by atoms with Gasteiger partial charge in [-0.25, -0.2) is 0 Å². The molecule has 1 fully saturated rings. The monoisotopic (exact) mass is 350 g/mol. The first kappa shape index (κ1) is 19.0. The lowest BCUT2D eigenvalue weighted by molar-refractivity contribution is -0.385. The highest BCUT2D eigenvalue weighted by atomic mass is 16.6. The third-order valence-electron chi connectivity index (χ3n) is 4.63. The lowest BCUT2D eigenvalue weighted by Crippen LogP contribution is -2.41. The van der Waals surface area contributed by atoms with Crippen LogP contribution in [-0.4, -0.2) is 42.0 Å². The average Bonchev–Trinajstić information content (AvgIpc) is 2.62. The molecule has 0 saturated heterocycles. The van der Waals surface area contributed by atoms with Crippen LogP contribution in [-0.2, 0) is 0 Å². The molecule has 2 rings (SSSR count). The predicted molar refractivity (Wildman–Crippen MR) is 94.4 cm³/mol. The molecule has 0 atom stereocenters. The molecule has 0 N–H and O–H groups in total.